The molecule has 1 fully saturated rings. The number of aromatic nitrogens is 3. The van der Waals surface area contributed by atoms with Crippen molar-refractivity contribution in [3.63, 3.8) is 0 Å². The van der Waals surface area contributed by atoms with E-state index in [4.69, 9.17) is 4.74 Å². The molecule has 1 atom stereocenters. The van der Waals surface area contributed by atoms with Gasteiger partial charge in [0.1, 0.15) is 12.1 Å². The average Bonchev–Trinajstić information content (AvgIpc) is 3.26. The van der Waals surface area contributed by atoms with E-state index >= 15 is 0 Å². The minimum Gasteiger partial charge on any atom is -0.495 e. The molecular weight excluding hydrogens is 388 g/mol. The first-order chi connectivity index (χ1) is 12.9. The molecule has 1 amide bonds. The Hall–Kier alpha value is -2.07. The summed E-state index contributed by atoms with van der Waals surface area (Å²) >= 11 is 1.27. The molecule has 2 aromatic rings. The van der Waals surface area contributed by atoms with Crippen LogP contribution in [0.3, 0.4) is 0 Å². The van der Waals surface area contributed by atoms with Crippen LogP contribution in [0.15, 0.2) is 35.7 Å². The molecule has 1 aromatic heterocycles. The fraction of sp³-hybridized carbons (Fsp3) is 0.471. The van der Waals surface area contributed by atoms with Gasteiger partial charge in [0.25, 0.3) is 0 Å². The second-order valence-corrected chi connectivity index (χ2v) is 9.35. The van der Waals surface area contributed by atoms with Crippen LogP contribution in [0.2, 0.25) is 0 Å². The van der Waals surface area contributed by atoms with Crippen LogP contribution >= 0.6 is 11.8 Å². The Morgan fingerprint density at radius 3 is 2.85 bits per heavy atom. The zero-order valence-corrected chi connectivity index (χ0v) is 16.9. The van der Waals surface area contributed by atoms with E-state index < -0.39 is 9.84 Å². The molecule has 0 spiro atoms. The third-order valence-electron chi connectivity index (χ3n) is 4.50. The molecule has 0 saturated carbocycles. The molecule has 0 radical (unpaired) electrons. The van der Waals surface area contributed by atoms with Gasteiger partial charge in [0.05, 0.1) is 30.1 Å². The molecule has 8 nitrogen and oxygen atoms in total. The largest absolute Gasteiger partial charge is 0.495 e. The van der Waals surface area contributed by atoms with Crippen molar-refractivity contribution in [3.05, 3.63) is 30.6 Å². The molecule has 146 valence electrons. The van der Waals surface area contributed by atoms with Gasteiger partial charge in [-0.25, -0.2) is 8.42 Å². The fourth-order valence-electron chi connectivity index (χ4n) is 3.19. The van der Waals surface area contributed by atoms with Crippen LogP contribution in [0.5, 0.6) is 5.75 Å². The molecule has 1 aliphatic heterocycles. The highest BCUT2D eigenvalue weighted by molar-refractivity contribution is 7.99. The van der Waals surface area contributed by atoms with Gasteiger partial charge in [0.15, 0.2) is 15.0 Å². The summed E-state index contributed by atoms with van der Waals surface area (Å²) in [5, 5.41) is 8.62. The highest BCUT2D eigenvalue weighted by Crippen LogP contribution is 2.27. The number of para-hydroxylation sites is 2. The number of carbonyl (C=O) groups excluding carboxylic acids is 1. The number of carbonyl (C=O) groups is 1. The number of amides is 1. The van der Waals surface area contributed by atoms with Gasteiger partial charge >= 0.3 is 0 Å². The molecule has 1 unspecified atom stereocenters. The van der Waals surface area contributed by atoms with Crippen molar-refractivity contribution in [1.29, 1.82) is 0 Å². The second-order valence-electron chi connectivity index (χ2n) is 6.18. The zero-order valence-electron chi connectivity index (χ0n) is 15.2. The summed E-state index contributed by atoms with van der Waals surface area (Å²) < 4.78 is 30.6. The van der Waals surface area contributed by atoms with E-state index in [9.17, 15) is 13.2 Å². The number of ether oxygens (including phenoxy) is 1. The third kappa shape index (κ3) is 4.44. The molecule has 1 saturated heterocycles. The topological polar surface area (TPSA) is 94.4 Å². The Morgan fingerprint density at radius 2 is 2.19 bits per heavy atom. The molecular formula is C17H22N4O4S2. The van der Waals surface area contributed by atoms with E-state index in [1.54, 1.807) is 22.9 Å². The first-order valence-electron chi connectivity index (χ1n) is 8.61. The van der Waals surface area contributed by atoms with Crippen LogP contribution in [0.4, 0.5) is 0 Å². The lowest BCUT2D eigenvalue weighted by molar-refractivity contribution is -0.129. The maximum absolute atomic E-state index is 12.7. The molecule has 1 aliphatic rings. The van der Waals surface area contributed by atoms with E-state index in [0.717, 1.165) is 5.69 Å². The molecule has 10 heteroatoms. The van der Waals surface area contributed by atoms with Gasteiger partial charge in [-0.3, -0.25) is 9.36 Å². The molecule has 27 heavy (non-hydrogen) atoms. The van der Waals surface area contributed by atoms with E-state index in [0.29, 0.717) is 23.9 Å². The fourth-order valence-corrected chi connectivity index (χ4v) is 5.72. The van der Waals surface area contributed by atoms with Gasteiger partial charge in [-0.05, 0) is 25.5 Å². The summed E-state index contributed by atoms with van der Waals surface area (Å²) in [5.41, 5.74) is 0.786. The molecule has 0 N–H and O–H groups in total. The molecule has 2 heterocycles. The Labute approximate surface area is 162 Å². The van der Waals surface area contributed by atoms with Crippen molar-refractivity contribution in [2.24, 2.45) is 0 Å². The first kappa shape index (κ1) is 19.7. The summed E-state index contributed by atoms with van der Waals surface area (Å²) in [5.74, 6) is 0.944. The zero-order chi connectivity index (χ0) is 19.4. The van der Waals surface area contributed by atoms with Crippen LogP contribution in [0.25, 0.3) is 5.69 Å². The highest BCUT2D eigenvalue weighted by Gasteiger charge is 2.33. The van der Waals surface area contributed by atoms with Crippen LogP contribution < -0.4 is 4.74 Å². The lowest BCUT2D eigenvalue weighted by atomic mass is 10.2. The van der Waals surface area contributed by atoms with Crippen LogP contribution in [-0.2, 0) is 14.6 Å². The third-order valence-corrected chi connectivity index (χ3v) is 7.17. The number of hydrogen-bond acceptors (Lipinski definition) is 7. The van der Waals surface area contributed by atoms with E-state index in [-0.39, 0.29) is 29.2 Å². The molecule has 1 aromatic carbocycles. The van der Waals surface area contributed by atoms with Crippen molar-refractivity contribution in [3.8, 4) is 11.4 Å². The van der Waals surface area contributed by atoms with Gasteiger partial charge in [-0.1, -0.05) is 23.9 Å². The van der Waals surface area contributed by atoms with Crippen molar-refractivity contribution in [1.82, 2.24) is 19.7 Å². The number of nitrogens with zero attached hydrogens (tertiary/aromatic N) is 4. The Morgan fingerprint density at radius 1 is 1.41 bits per heavy atom. The first-order valence-corrected chi connectivity index (χ1v) is 11.4. The Balaban J connectivity index is 1.70. The predicted molar refractivity (Wildman–Crippen MR) is 103 cm³/mol. The van der Waals surface area contributed by atoms with E-state index in [1.165, 1.54) is 11.8 Å². The number of benzene rings is 1. The van der Waals surface area contributed by atoms with Gasteiger partial charge < -0.3 is 9.64 Å². The van der Waals surface area contributed by atoms with Gasteiger partial charge in [-0.2, -0.15) is 0 Å². The number of rotatable bonds is 7. The number of sulfone groups is 1. The molecule has 0 aliphatic carbocycles. The summed E-state index contributed by atoms with van der Waals surface area (Å²) in [6.45, 7) is 2.35. The van der Waals surface area contributed by atoms with Crippen LogP contribution in [-0.4, -0.2) is 70.9 Å². The summed E-state index contributed by atoms with van der Waals surface area (Å²) in [6, 6.07) is 7.25. The standard InChI is InChI=1S/C17H22N4O4S2/c1-3-20(13-8-9-27(23,24)11-13)16(22)10-26-17-19-18-12-21(17)14-6-4-5-7-15(14)25-2/h4-7,12-13H,3,8-11H2,1-2H3. The minimum absolute atomic E-state index is 0.0502. The summed E-state index contributed by atoms with van der Waals surface area (Å²) in [4.78, 5) is 14.3. The quantitative estimate of drug-likeness (QED) is 0.637. The monoisotopic (exact) mass is 410 g/mol. The Kier molecular flexibility index (Phi) is 6.05. The SMILES string of the molecule is CCN(C(=O)CSc1nncn1-c1ccccc1OC)C1CCS(=O)(=O)C1. The summed E-state index contributed by atoms with van der Waals surface area (Å²) in [6.07, 6.45) is 2.08. The molecule has 3 rings (SSSR count). The van der Waals surface area contributed by atoms with Crippen LogP contribution in [0, 0.1) is 0 Å². The number of hydrogen-bond donors (Lipinski definition) is 0. The minimum atomic E-state index is -3.03. The smallest absolute Gasteiger partial charge is 0.233 e. The second kappa shape index (κ2) is 8.30. The lowest BCUT2D eigenvalue weighted by Crippen LogP contribution is -2.42. The van der Waals surface area contributed by atoms with E-state index in [1.807, 2.05) is 31.2 Å². The van der Waals surface area contributed by atoms with Crippen molar-refractivity contribution >= 4 is 27.5 Å². The Bertz CT molecular complexity index is 913. The lowest BCUT2D eigenvalue weighted by Gasteiger charge is -2.26. The van der Waals surface area contributed by atoms with E-state index in [2.05, 4.69) is 10.2 Å². The van der Waals surface area contributed by atoms with Gasteiger partial charge in [-0.15, -0.1) is 10.2 Å². The predicted octanol–water partition coefficient (Wildman–Crippen LogP) is 1.40. The van der Waals surface area contributed by atoms with Crippen molar-refractivity contribution < 1.29 is 17.9 Å². The maximum atomic E-state index is 12.7. The number of thioether (sulfide) groups is 1. The normalized spacial score (nSPS) is 18.4. The van der Waals surface area contributed by atoms with Crippen molar-refractivity contribution in [2.75, 3.05) is 30.9 Å². The van der Waals surface area contributed by atoms with Crippen LogP contribution in [0.1, 0.15) is 13.3 Å². The van der Waals surface area contributed by atoms with Gasteiger partial charge in [0, 0.05) is 12.6 Å². The maximum Gasteiger partial charge on any atom is 0.233 e. The summed E-state index contributed by atoms with van der Waals surface area (Å²) in [7, 11) is -1.44. The number of methoxy groups -OCH3 is 1. The van der Waals surface area contributed by atoms with Crippen molar-refractivity contribution in [2.45, 2.75) is 24.5 Å². The highest BCUT2D eigenvalue weighted by atomic mass is 32.2. The molecule has 0 bridgehead atoms. The average molecular weight is 411 g/mol. The van der Waals surface area contributed by atoms with Gasteiger partial charge in [0.2, 0.25) is 5.91 Å².